The van der Waals surface area contributed by atoms with Crippen molar-refractivity contribution >= 4 is 46.6 Å². The Kier molecular flexibility index (Phi) is 5.51. The second-order valence-electron chi connectivity index (χ2n) is 5.78. The van der Waals surface area contributed by atoms with Gasteiger partial charge in [0.05, 0.1) is 11.4 Å². The van der Waals surface area contributed by atoms with E-state index in [1.165, 1.54) is 9.80 Å². The number of ether oxygens (including phenoxy) is 1. The summed E-state index contributed by atoms with van der Waals surface area (Å²) in [6.07, 6.45) is 0. The first-order valence-electron chi connectivity index (χ1n) is 7.99. The number of nitrogens with one attached hydrogen (secondary N) is 1. The molecule has 10 heteroatoms. The quantitative estimate of drug-likeness (QED) is 0.763. The summed E-state index contributed by atoms with van der Waals surface area (Å²) in [5.74, 6) is -0.976. The van der Waals surface area contributed by atoms with Gasteiger partial charge in [-0.2, -0.15) is 0 Å². The predicted molar refractivity (Wildman–Crippen MR) is 98.7 cm³/mol. The van der Waals surface area contributed by atoms with Crippen LogP contribution in [-0.4, -0.2) is 54.7 Å². The number of hydrogen-bond donors (Lipinski definition) is 1. The minimum absolute atomic E-state index is 0.124. The van der Waals surface area contributed by atoms with Crippen LogP contribution in [0.1, 0.15) is 0 Å². The average molecular weight is 390 g/mol. The maximum Gasteiger partial charge on any atom is 0.326 e. The maximum atomic E-state index is 12.4. The molecule has 27 heavy (non-hydrogen) atoms. The lowest BCUT2D eigenvalue weighted by Gasteiger charge is -2.29. The SMILES string of the molecule is CN(CC(=O)OCC(=O)N1CC(=O)Nc2ccccc21)c1ccc(Cl)nn1. The van der Waals surface area contributed by atoms with E-state index in [2.05, 4.69) is 15.5 Å². The van der Waals surface area contributed by atoms with E-state index in [0.29, 0.717) is 17.2 Å². The van der Waals surface area contributed by atoms with Crippen molar-refractivity contribution in [2.45, 2.75) is 0 Å². The van der Waals surface area contributed by atoms with E-state index in [1.807, 2.05) is 0 Å². The van der Waals surface area contributed by atoms with Crippen LogP contribution in [0.5, 0.6) is 0 Å². The molecule has 140 valence electrons. The smallest absolute Gasteiger partial charge is 0.326 e. The van der Waals surface area contributed by atoms with E-state index in [0.717, 1.165) is 0 Å². The molecule has 2 heterocycles. The molecule has 1 aliphatic rings. The largest absolute Gasteiger partial charge is 0.454 e. The lowest BCUT2D eigenvalue weighted by atomic mass is 10.2. The Bertz CT molecular complexity index is 874. The van der Waals surface area contributed by atoms with Crippen LogP contribution in [0.3, 0.4) is 0 Å². The van der Waals surface area contributed by atoms with Crippen LogP contribution < -0.4 is 15.1 Å². The van der Waals surface area contributed by atoms with Gasteiger partial charge in [-0.05, 0) is 24.3 Å². The van der Waals surface area contributed by atoms with E-state index < -0.39 is 18.5 Å². The number of aromatic nitrogens is 2. The molecule has 1 aliphatic heterocycles. The maximum absolute atomic E-state index is 12.4. The fraction of sp³-hybridized carbons (Fsp3) is 0.235. The minimum atomic E-state index is -0.614. The zero-order chi connectivity index (χ0) is 19.4. The van der Waals surface area contributed by atoms with Crippen molar-refractivity contribution in [3.63, 3.8) is 0 Å². The monoisotopic (exact) mass is 389 g/mol. The third kappa shape index (κ3) is 4.50. The summed E-state index contributed by atoms with van der Waals surface area (Å²) in [6, 6.07) is 10.1. The first-order valence-corrected chi connectivity index (χ1v) is 8.37. The highest BCUT2D eigenvalue weighted by Crippen LogP contribution is 2.28. The van der Waals surface area contributed by atoms with Gasteiger partial charge in [0.25, 0.3) is 5.91 Å². The number of para-hydroxylation sites is 2. The summed E-state index contributed by atoms with van der Waals surface area (Å²) < 4.78 is 5.05. The van der Waals surface area contributed by atoms with Crippen molar-refractivity contribution in [3.05, 3.63) is 41.6 Å². The second kappa shape index (κ2) is 8.00. The van der Waals surface area contributed by atoms with Gasteiger partial charge in [0.15, 0.2) is 17.6 Å². The van der Waals surface area contributed by atoms with Gasteiger partial charge in [-0.3, -0.25) is 19.3 Å². The molecule has 0 atom stereocenters. The zero-order valence-corrected chi connectivity index (χ0v) is 15.1. The number of carbonyl (C=O) groups is 3. The first-order chi connectivity index (χ1) is 12.9. The van der Waals surface area contributed by atoms with Gasteiger partial charge < -0.3 is 15.0 Å². The molecule has 0 spiro atoms. The van der Waals surface area contributed by atoms with Crippen LogP contribution in [-0.2, 0) is 19.1 Å². The standard InChI is InChI=1S/C17H16ClN5O4/c1-22(14-7-6-13(18)20-21-14)9-17(26)27-10-16(25)23-8-15(24)19-11-4-2-3-5-12(11)23/h2-7H,8-10H2,1H3,(H,19,24). The molecule has 0 unspecified atom stereocenters. The Morgan fingerprint density at radius 3 is 2.78 bits per heavy atom. The molecule has 1 N–H and O–H groups in total. The lowest BCUT2D eigenvalue weighted by molar-refractivity contribution is -0.146. The van der Waals surface area contributed by atoms with Gasteiger partial charge >= 0.3 is 5.97 Å². The van der Waals surface area contributed by atoms with E-state index >= 15 is 0 Å². The molecular formula is C17H16ClN5O4. The molecule has 3 rings (SSSR count). The van der Waals surface area contributed by atoms with Crippen LogP contribution >= 0.6 is 11.6 Å². The van der Waals surface area contributed by atoms with E-state index in [4.69, 9.17) is 16.3 Å². The Labute approximate surface area is 159 Å². The van der Waals surface area contributed by atoms with Crippen molar-refractivity contribution in [3.8, 4) is 0 Å². The first kappa shape index (κ1) is 18.6. The summed E-state index contributed by atoms with van der Waals surface area (Å²) >= 11 is 5.67. The Morgan fingerprint density at radius 1 is 1.26 bits per heavy atom. The van der Waals surface area contributed by atoms with E-state index in [-0.39, 0.29) is 24.1 Å². The summed E-state index contributed by atoms with van der Waals surface area (Å²) in [4.78, 5) is 39.0. The number of rotatable bonds is 5. The van der Waals surface area contributed by atoms with Crippen LogP contribution in [0, 0.1) is 0 Å². The molecule has 2 aromatic rings. The fourth-order valence-electron chi connectivity index (χ4n) is 2.51. The van der Waals surface area contributed by atoms with Crippen molar-refractivity contribution in [1.29, 1.82) is 0 Å². The van der Waals surface area contributed by atoms with Gasteiger partial charge in [-0.25, -0.2) is 0 Å². The van der Waals surface area contributed by atoms with Gasteiger partial charge in [-0.1, -0.05) is 23.7 Å². The number of halogens is 1. The van der Waals surface area contributed by atoms with Crippen molar-refractivity contribution in [2.24, 2.45) is 0 Å². The summed E-state index contributed by atoms with van der Waals surface area (Å²) in [5.41, 5.74) is 1.10. The minimum Gasteiger partial charge on any atom is -0.454 e. The van der Waals surface area contributed by atoms with Crippen LogP contribution in [0.15, 0.2) is 36.4 Å². The molecule has 9 nitrogen and oxygen atoms in total. The van der Waals surface area contributed by atoms with Gasteiger partial charge in [0.1, 0.15) is 13.1 Å². The normalized spacial score (nSPS) is 12.8. The highest BCUT2D eigenvalue weighted by atomic mass is 35.5. The summed E-state index contributed by atoms with van der Waals surface area (Å²) in [5, 5.41) is 10.5. The van der Waals surface area contributed by atoms with Crippen LogP contribution in [0.2, 0.25) is 5.15 Å². The molecule has 1 aromatic carbocycles. The number of likely N-dealkylation sites (N-methyl/N-ethyl adjacent to an activating group) is 1. The average Bonchev–Trinajstić information content (AvgIpc) is 2.65. The van der Waals surface area contributed by atoms with Gasteiger partial charge in [-0.15, -0.1) is 10.2 Å². The Balaban J connectivity index is 1.57. The van der Waals surface area contributed by atoms with Crippen molar-refractivity contribution in [2.75, 3.05) is 41.9 Å². The predicted octanol–water partition coefficient (Wildman–Crippen LogP) is 1.09. The number of nitrogens with zero attached hydrogens (tertiary/aromatic N) is 4. The molecule has 1 aromatic heterocycles. The third-order valence-electron chi connectivity index (χ3n) is 3.80. The molecule has 0 saturated carbocycles. The number of fused-ring (bicyclic) bond motifs is 1. The highest BCUT2D eigenvalue weighted by molar-refractivity contribution is 6.29. The van der Waals surface area contributed by atoms with E-state index in [1.54, 1.807) is 43.4 Å². The topological polar surface area (TPSA) is 105 Å². The van der Waals surface area contributed by atoms with Crippen molar-refractivity contribution < 1.29 is 19.1 Å². The highest BCUT2D eigenvalue weighted by Gasteiger charge is 2.27. The third-order valence-corrected chi connectivity index (χ3v) is 4.01. The number of hydrogen-bond acceptors (Lipinski definition) is 7. The molecule has 0 aliphatic carbocycles. The summed E-state index contributed by atoms with van der Waals surface area (Å²) in [7, 11) is 1.63. The number of carbonyl (C=O) groups excluding carboxylic acids is 3. The number of esters is 1. The fourth-order valence-corrected chi connectivity index (χ4v) is 2.61. The molecule has 0 saturated heterocycles. The Hall–Kier alpha value is -3.20. The summed E-state index contributed by atoms with van der Waals surface area (Å²) in [6.45, 7) is -0.727. The zero-order valence-electron chi connectivity index (χ0n) is 14.4. The molecule has 0 fully saturated rings. The molecule has 2 amide bonds. The van der Waals surface area contributed by atoms with Crippen molar-refractivity contribution in [1.82, 2.24) is 10.2 Å². The molecular weight excluding hydrogens is 374 g/mol. The van der Waals surface area contributed by atoms with E-state index in [9.17, 15) is 14.4 Å². The number of benzene rings is 1. The lowest BCUT2D eigenvalue weighted by Crippen LogP contribution is -2.44. The van der Waals surface area contributed by atoms with Crippen LogP contribution in [0.4, 0.5) is 17.2 Å². The van der Waals surface area contributed by atoms with Crippen LogP contribution in [0.25, 0.3) is 0 Å². The Morgan fingerprint density at radius 2 is 2.04 bits per heavy atom. The number of amides is 2. The molecule has 0 bridgehead atoms. The number of anilines is 3. The van der Waals surface area contributed by atoms with Gasteiger partial charge in [0.2, 0.25) is 5.91 Å². The molecule has 0 radical (unpaired) electrons. The van der Waals surface area contributed by atoms with Gasteiger partial charge in [0, 0.05) is 7.05 Å². The second-order valence-corrected chi connectivity index (χ2v) is 6.16.